The molecule has 0 radical (unpaired) electrons. The number of likely N-dealkylation sites (tertiary alicyclic amines) is 1. The van der Waals surface area contributed by atoms with Crippen LogP contribution in [0.25, 0.3) is 5.57 Å². The van der Waals surface area contributed by atoms with Crippen molar-refractivity contribution >= 4 is 23.3 Å². The predicted octanol–water partition coefficient (Wildman–Crippen LogP) is 1.51. The molecule has 0 spiro atoms. The van der Waals surface area contributed by atoms with Crippen LogP contribution in [0.5, 0.6) is 0 Å². The molecule has 0 unspecified atom stereocenters. The molecular formula is C25H29N7O3. The van der Waals surface area contributed by atoms with Gasteiger partial charge in [-0.3, -0.25) is 20.1 Å². The van der Waals surface area contributed by atoms with E-state index < -0.39 is 17.7 Å². The number of carbonyl (C=O) groups excluding carboxylic acids is 2. The smallest absolute Gasteiger partial charge is 0.249 e. The largest absolute Gasteiger partial charge is 0.341 e. The van der Waals surface area contributed by atoms with E-state index in [-0.39, 0.29) is 18.5 Å². The molecule has 3 aliphatic rings. The lowest BCUT2D eigenvalue weighted by Crippen LogP contribution is -2.55. The molecule has 3 N–H and O–H groups in total. The van der Waals surface area contributed by atoms with E-state index in [0.717, 1.165) is 29.5 Å². The van der Waals surface area contributed by atoms with Crippen LogP contribution in [0.1, 0.15) is 42.4 Å². The van der Waals surface area contributed by atoms with Crippen LogP contribution in [0.4, 0.5) is 0 Å². The lowest BCUT2D eigenvalue weighted by molar-refractivity contribution is -0.147. The number of hydroxylamine groups is 1. The number of rotatable bonds is 4. The highest BCUT2D eigenvalue weighted by Gasteiger charge is 2.41. The molecule has 182 valence electrons. The molecule has 0 aromatic heterocycles. The quantitative estimate of drug-likeness (QED) is 0.149. The van der Waals surface area contributed by atoms with Crippen molar-refractivity contribution in [2.24, 2.45) is 16.8 Å². The van der Waals surface area contributed by atoms with Gasteiger partial charge in [-0.25, -0.2) is 10.5 Å². The fraction of sp³-hybridized carbons (Fsp3) is 0.480. The summed E-state index contributed by atoms with van der Waals surface area (Å²) in [6, 6.07) is 7.95. The summed E-state index contributed by atoms with van der Waals surface area (Å²) in [7, 11) is 0. The minimum absolute atomic E-state index is 0.112. The van der Waals surface area contributed by atoms with Gasteiger partial charge in [0.25, 0.3) is 0 Å². The molecule has 10 heteroatoms. The van der Waals surface area contributed by atoms with Crippen LogP contribution in [-0.2, 0) is 9.59 Å². The first-order chi connectivity index (χ1) is 16.9. The molecule has 1 saturated heterocycles. The minimum atomic E-state index is -0.766. The monoisotopic (exact) mass is 475 g/mol. The van der Waals surface area contributed by atoms with Crippen molar-refractivity contribution in [2.45, 2.75) is 38.6 Å². The van der Waals surface area contributed by atoms with E-state index in [1.54, 1.807) is 16.4 Å². The first-order valence-corrected chi connectivity index (χ1v) is 11.9. The number of carbonyl (C=O) groups is 2. The van der Waals surface area contributed by atoms with Gasteiger partial charge in [-0.1, -0.05) is 12.1 Å². The lowest BCUT2D eigenvalue weighted by Gasteiger charge is -2.40. The highest BCUT2D eigenvalue weighted by Crippen LogP contribution is 2.31. The van der Waals surface area contributed by atoms with E-state index >= 15 is 0 Å². The summed E-state index contributed by atoms with van der Waals surface area (Å²) in [4.78, 5) is 34.1. The van der Waals surface area contributed by atoms with Crippen LogP contribution in [0.2, 0.25) is 0 Å². The Balaban J connectivity index is 1.46. The summed E-state index contributed by atoms with van der Waals surface area (Å²) in [5, 5.41) is 30.1. The van der Waals surface area contributed by atoms with E-state index in [1.165, 1.54) is 0 Å². The topological polar surface area (TPSA) is 145 Å². The molecule has 1 aromatic rings. The Morgan fingerprint density at radius 1 is 1.14 bits per heavy atom. The normalized spacial score (nSPS) is 22.5. The van der Waals surface area contributed by atoms with Crippen molar-refractivity contribution in [3.05, 3.63) is 41.0 Å². The Bertz CT molecular complexity index is 1140. The number of hydrogen-bond donors (Lipinski definition) is 3. The van der Waals surface area contributed by atoms with Gasteiger partial charge in [0.1, 0.15) is 0 Å². The van der Waals surface area contributed by atoms with E-state index in [9.17, 15) is 14.8 Å². The Labute approximate surface area is 204 Å². The molecular weight excluding hydrogens is 446 g/mol. The zero-order valence-electron chi connectivity index (χ0n) is 19.7. The highest BCUT2D eigenvalue weighted by atomic mass is 16.5. The fourth-order valence-electron chi connectivity index (χ4n) is 4.85. The molecule has 2 fully saturated rings. The number of benzene rings is 1. The maximum absolute atomic E-state index is 13.4. The van der Waals surface area contributed by atoms with Crippen LogP contribution < -0.4 is 10.8 Å². The number of piperidine rings is 1. The van der Waals surface area contributed by atoms with Crippen molar-refractivity contribution in [1.29, 1.82) is 10.5 Å². The zero-order valence-corrected chi connectivity index (χ0v) is 19.7. The molecule has 1 saturated carbocycles. The number of aryl methyl sites for hydroxylation is 1. The van der Waals surface area contributed by atoms with E-state index in [1.807, 2.05) is 36.2 Å². The van der Waals surface area contributed by atoms with Gasteiger partial charge in [-0.15, -0.1) is 0 Å². The average Bonchev–Trinajstić information content (AvgIpc) is 3.71. The van der Waals surface area contributed by atoms with Gasteiger partial charge in [0.15, 0.2) is 6.19 Å². The van der Waals surface area contributed by atoms with Crippen LogP contribution in [0.15, 0.2) is 29.3 Å². The molecule has 2 heterocycles. The molecule has 2 amide bonds. The standard InChI is InChI=1S/C25H29N7O3/c1-16-12-17(13-26)2-5-20(16)18-6-9-31(10-7-18)24(34)21-8-11-32(14-22(21)23(33)30-35)25(28-15-27)29-19-3-4-19/h2,5-6,12,19,21-22,35H,3-4,7-11,14H2,1H3,(H,28,29)(H,30,33)/t21-,22-/m0/s1. The Hall–Kier alpha value is -3.89. The Kier molecular flexibility index (Phi) is 7.33. The second-order valence-electron chi connectivity index (χ2n) is 9.25. The third kappa shape index (κ3) is 5.44. The number of amides is 2. The minimum Gasteiger partial charge on any atom is -0.341 e. The van der Waals surface area contributed by atoms with Gasteiger partial charge in [0.05, 0.1) is 29.5 Å². The number of hydrogen-bond acceptors (Lipinski definition) is 6. The summed E-state index contributed by atoms with van der Waals surface area (Å²) in [5.41, 5.74) is 5.58. The Morgan fingerprint density at radius 2 is 1.94 bits per heavy atom. The predicted molar refractivity (Wildman–Crippen MR) is 127 cm³/mol. The summed E-state index contributed by atoms with van der Waals surface area (Å²) in [6.07, 6.45) is 6.96. The summed E-state index contributed by atoms with van der Waals surface area (Å²) >= 11 is 0. The van der Waals surface area contributed by atoms with Gasteiger partial charge >= 0.3 is 0 Å². The molecule has 0 bridgehead atoms. The third-order valence-corrected chi connectivity index (χ3v) is 6.92. The van der Waals surface area contributed by atoms with Crippen LogP contribution in [0, 0.1) is 41.5 Å². The van der Waals surface area contributed by atoms with E-state index in [4.69, 9.17) is 10.5 Å². The maximum Gasteiger partial charge on any atom is 0.249 e. The van der Waals surface area contributed by atoms with Crippen molar-refractivity contribution in [2.75, 3.05) is 26.2 Å². The van der Waals surface area contributed by atoms with Gasteiger partial charge in [-0.2, -0.15) is 10.5 Å². The van der Waals surface area contributed by atoms with Crippen LogP contribution >= 0.6 is 0 Å². The van der Waals surface area contributed by atoms with E-state index in [0.29, 0.717) is 44.0 Å². The molecule has 1 aromatic carbocycles. The first kappa shape index (κ1) is 24.2. The third-order valence-electron chi connectivity index (χ3n) is 6.92. The Morgan fingerprint density at radius 3 is 2.54 bits per heavy atom. The van der Waals surface area contributed by atoms with Crippen molar-refractivity contribution in [1.82, 2.24) is 20.6 Å². The zero-order chi connectivity index (χ0) is 24.9. The number of guanidine groups is 1. The molecule has 2 aliphatic heterocycles. The van der Waals surface area contributed by atoms with Gasteiger partial charge in [0.2, 0.25) is 17.8 Å². The summed E-state index contributed by atoms with van der Waals surface area (Å²) in [6.45, 7) is 3.60. The highest BCUT2D eigenvalue weighted by molar-refractivity contribution is 5.90. The number of nitrogens with zero attached hydrogens (tertiary/aromatic N) is 5. The number of nitriles is 2. The molecule has 10 nitrogen and oxygen atoms in total. The van der Waals surface area contributed by atoms with Gasteiger partial charge in [-0.05, 0) is 61.4 Å². The van der Waals surface area contributed by atoms with Crippen LogP contribution in [-0.4, -0.2) is 65.0 Å². The lowest BCUT2D eigenvalue weighted by atomic mass is 9.83. The average molecular weight is 476 g/mol. The van der Waals surface area contributed by atoms with Gasteiger partial charge < -0.3 is 9.80 Å². The first-order valence-electron chi connectivity index (χ1n) is 11.9. The molecule has 35 heavy (non-hydrogen) atoms. The summed E-state index contributed by atoms with van der Waals surface area (Å²) < 4.78 is 0. The van der Waals surface area contributed by atoms with Crippen molar-refractivity contribution in [3.8, 4) is 12.3 Å². The van der Waals surface area contributed by atoms with E-state index in [2.05, 4.69) is 16.4 Å². The molecule has 2 atom stereocenters. The van der Waals surface area contributed by atoms with Gasteiger partial charge in [0, 0.05) is 26.2 Å². The number of aliphatic imine (C=N–C) groups is 1. The molecule has 4 rings (SSSR count). The molecule has 1 aliphatic carbocycles. The summed E-state index contributed by atoms with van der Waals surface area (Å²) in [5.74, 6) is -1.65. The SMILES string of the molecule is Cc1cc(C#N)ccc1C1=CCN(C(=O)[C@H]2CCN(C(=NC3CC3)NC#N)C[C@@H]2C(=O)NO)CC1. The van der Waals surface area contributed by atoms with Crippen molar-refractivity contribution in [3.63, 3.8) is 0 Å². The number of nitrogens with one attached hydrogen (secondary N) is 2. The fourth-order valence-corrected chi connectivity index (χ4v) is 4.85. The second kappa shape index (κ2) is 10.6. The second-order valence-corrected chi connectivity index (χ2v) is 9.25. The van der Waals surface area contributed by atoms with Crippen LogP contribution in [0.3, 0.4) is 0 Å². The van der Waals surface area contributed by atoms with Crippen molar-refractivity contribution < 1.29 is 14.8 Å². The maximum atomic E-state index is 13.4.